The minimum atomic E-state index is -0.314. The highest BCUT2D eigenvalue weighted by Crippen LogP contribution is 2.12. The van der Waals surface area contributed by atoms with Crippen LogP contribution in [0, 0.1) is 0 Å². The molecule has 120 valence electrons. The van der Waals surface area contributed by atoms with Crippen LogP contribution in [0.25, 0.3) is 0 Å². The van der Waals surface area contributed by atoms with Crippen molar-refractivity contribution in [2.24, 2.45) is 0 Å². The molecule has 0 saturated carbocycles. The third kappa shape index (κ3) is 4.88. The predicted octanol–water partition coefficient (Wildman–Crippen LogP) is 3.14. The Hall–Kier alpha value is -2.76. The van der Waals surface area contributed by atoms with E-state index < -0.39 is 0 Å². The van der Waals surface area contributed by atoms with Crippen molar-refractivity contribution < 1.29 is 9.59 Å². The van der Waals surface area contributed by atoms with Gasteiger partial charge in [0, 0.05) is 30.2 Å². The van der Waals surface area contributed by atoms with E-state index in [1.807, 2.05) is 0 Å². The number of ketones is 1. The lowest BCUT2D eigenvalue weighted by molar-refractivity contribution is 0.101. The van der Waals surface area contributed by atoms with Crippen molar-refractivity contribution in [3.63, 3.8) is 0 Å². The molecule has 2 aromatic rings. The van der Waals surface area contributed by atoms with Crippen molar-refractivity contribution in [2.45, 2.75) is 26.7 Å². The summed E-state index contributed by atoms with van der Waals surface area (Å²) in [7, 11) is 0. The molecule has 2 N–H and O–H groups in total. The highest BCUT2D eigenvalue weighted by Gasteiger charge is 2.09. The highest BCUT2D eigenvalue weighted by molar-refractivity contribution is 6.04. The summed E-state index contributed by atoms with van der Waals surface area (Å²) in [4.78, 5) is 31.8. The summed E-state index contributed by atoms with van der Waals surface area (Å²) >= 11 is 0. The average Bonchev–Trinajstić information content (AvgIpc) is 2.56. The van der Waals surface area contributed by atoms with Gasteiger partial charge in [-0.2, -0.15) is 0 Å². The Labute approximate surface area is 135 Å². The van der Waals surface area contributed by atoms with E-state index >= 15 is 0 Å². The number of hydrogen-bond acceptors (Lipinski definition) is 5. The van der Waals surface area contributed by atoms with Crippen molar-refractivity contribution in [3.8, 4) is 0 Å². The molecule has 23 heavy (non-hydrogen) atoms. The number of unbranched alkanes of at least 4 members (excludes halogenated alkanes) is 1. The lowest BCUT2D eigenvalue weighted by Gasteiger charge is -2.07. The topological polar surface area (TPSA) is 84.0 Å². The Bertz CT molecular complexity index is 683. The predicted molar refractivity (Wildman–Crippen MR) is 89.8 cm³/mol. The van der Waals surface area contributed by atoms with Crippen molar-refractivity contribution in [2.75, 3.05) is 17.2 Å². The Balaban J connectivity index is 2.00. The second-order valence-corrected chi connectivity index (χ2v) is 5.17. The average molecular weight is 312 g/mol. The van der Waals surface area contributed by atoms with E-state index in [0.29, 0.717) is 22.8 Å². The van der Waals surface area contributed by atoms with Gasteiger partial charge in [0.1, 0.15) is 0 Å². The molecule has 1 heterocycles. The van der Waals surface area contributed by atoms with Gasteiger partial charge in [0.15, 0.2) is 5.78 Å². The number of benzene rings is 1. The van der Waals surface area contributed by atoms with Gasteiger partial charge in [-0.15, -0.1) is 0 Å². The van der Waals surface area contributed by atoms with Crippen LogP contribution in [0.3, 0.4) is 0 Å². The summed E-state index contributed by atoms with van der Waals surface area (Å²) in [5, 5.41) is 5.82. The van der Waals surface area contributed by atoms with E-state index in [1.165, 1.54) is 19.3 Å². The molecule has 0 fully saturated rings. The molecule has 0 aliphatic heterocycles. The van der Waals surface area contributed by atoms with Crippen LogP contribution >= 0.6 is 0 Å². The maximum atomic E-state index is 12.2. The lowest BCUT2D eigenvalue weighted by Crippen LogP contribution is -2.14. The zero-order valence-corrected chi connectivity index (χ0v) is 13.3. The van der Waals surface area contributed by atoms with Crippen LogP contribution in [0.2, 0.25) is 0 Å². The second-order valence-electron chi connectivity index (χ2n) is 5.17. The molecule has 1 aromatic carbocycles. The second kappa shape index (κ2) is 8.03. The van der Waals surface area contributed by atoms with Crippen molar-refractivity contribution >= 4 is 23.3 Å². The summed E-state index contributed by atoms with van der Waals surface area (Å²) < 4.78 is 0. The van der Waals surface area contributed by atoms with E-state index in [9.17, 15) is 9.59 Å². The van der Waals surface area contributed by atoms with E-state index in [4.69, 9.17) is 0 Å². The highest BCUT2D eigenvalue weighted by atomic mass is 16.1. The minimum absolute atomic E-state index is 0.0491. The molecule has 0 bridgehead atoms. The summed E-state index contributed by atoms with van der Waals surface area (Å²) in [6, 6.07) is 6.80. The summed E-state index contributed by atoms with van der Waals surface area (Å²) in [6.07, 6.45) is 5.09. The standard InChI is InChI=1S/C17H20N4O2/c1-3-4-8-18-17-19-10-14(11-20-17)16(23)21-15-7-5-6-13(9-15)12(2)22/h5-7,9-11H,3-4,8H2,1-2H3,(H,21,23)(H,18,19,20). The molecule has 6 heteroatoms. The van der Waals surface area contributed by atoms with E-state index in [2.05, 4.69) is 27.5 Å². The van der Waals surface area contributed by atoms with Crippen LogP contribution in [-0.2, 0) is 0 Å². The van der Waals surface area contributed by atoms with Gasteiger partial charge in [0.25, 0.3) is 5.91 Å². The van der Waals surface area contributed by atoms with Gasteiger partial charge in [-0.1, -0.05) is 25.5 Å². The van der Waals surface area contributed by atoms with E-state index in [0.717, 1.165) is 19.4 Å². The first-order valence-corrected chi connectivity index (χ1v) is 7.58. The monoisotopic (exact) mass is 312 g/mol. The maximum absolute atomic E-state index is 12.2. The van der Waals surface area contributed by atoms with Gasteiger partial charge >= 0.3 is 0 Å². The van der Waals surface area contributed by atoms with Crippen LogP contribution in [-0.4, -0.2) is 28.2 Å². The molecule has 0 unspecified atom stereocenters. The van der Waals surface area contributed by atoms with E-state index in [-0.39, 0.29) is 11.7 Å². The number of hydrogen-bond donors (Lipinski definition) is 2. The third-order valence-corrected chi connectivity index (χ3v) is 3.25. The Morgan fingerprint density at radius 1 is 1.13 bits per heavy atom. The Morgan fingerprint density at radius 3 is 2.52 bits per heavy atom. The first-order valence-electron chi connectivity index (χ1n) is 7.58. The minimum Gasteiger partial charge on any atom is -0.354 e. The molecule has 1 amide bonds. The van der Waals surface area contributed by atoms with Crippen LogP contribution < -0.4 is 10.6 Å². The number of carbonyl (C=O) groups excluding carboxylic acids is 2. The zero-order chi connectivity index (χ0) is 16.7. The summed E-state index contributed by atoms with van der Waals surface area (Å²) in [5.74, 6) is 0.145. The van der Waals surface area contributed by atoms with Crippen LogP contribution in [0.4, 0.5) is 11.6 Å². The van der Waals surface area contributed by atoms with Crippen LogP contribution in [0.5, 0.6) is 0 Å². The maximum Gasteiger partial charge on any atom is 0.258 e. The first kappa shape index (κ1) is 16.6. The van der Waals surface area contributed by atoms with Gasteiger partial charge in [-0.05, 0) is 25.5 Å². The van der Waals surface area contributed by atoms with Crippen LogP contribution in [0.1, 0.15) is 47.4 Å². The largest absolute Gasteiger partial charge is 0.354 e. The van der Waals surface area contributed by atoms with Crippen molar-refractivity contribution in [1.82, 2.24) is 9.97 Å². The Kier molecular flexibility index (Phi) is 5.80. The molecule has 0 aliphatic rings. The number of amides is 1. The number of aromatic nitrogens is 2. The quantitative estimate of drug-likeness (QED) is 0.606. The van der Waals surface area contributed by atoms with Gasteiger partial charge in [-0.25, -0.2) is 9.97 Å². The first-order chi connectivity index (χ1) is 11.1. The molecular formula is C17H20N4O2. The number of nitrogens with zero attached hydrogens (tertiary/aromatic N) is 2. The molecule has 6 nitrogen and oxygen atoms in total. The van der Waals surface area contributed by atoms with Crippen LogP contribution in [0.15, 0.2) is 36.7 Å². The van der Waals surface area contributed by atoms with Gasteiger partial charge < -0.3 is 10.6 Å². The van der Waals surface area contributed by atoms with E-state index in [1.54, 1.807) is 24.3 Å². The number of nitrogens with one attached hydrogen (secondary N) is 2. The molecule has 1 aromatic heterocycles. The van der Waals surface area contributed by atoms with Crippen molar-refractivity contribution in [3.05, 3.63) is 47.8 Å². The van der Waals surface area contributed by atoms with Crippen molar-refractivity contribution in [1.29, 1.82) is 0 Å². The molecule has 0 aliphatic carbocycles. The lowest BCUT2D eigenvalue weighted by atomic mass is 10.1. The molecule has 2 rings (SSSR count). The molecule has 0 atom stereocenters. The van der Waals surface area contributed by atoms with Gasteiger partial charge in [0.05, 0.1) is 5.56 Å². The third-order valence-electron chi connectivity index (χ3n) is 3.25. The number of rotatable bonds is 7. The fourth-order valence-corrected chi connectivity index (χ4v) is 1.93. The normalized spacial score (nSPS) is 10.2. The SMILES string of the molecule is CCCCNc1ncc(C(=O)Nc2cccc(C(C)=O)c2)cn1. The number of carbonyl (C=O) groups is 2. The smallest absolute Gasteiger partial charge is 0.258 e. The fourth-order valence-electron chi connectivity index (χ4n) is 1.93. The number of anilines is 2. The Morgan fingerprint density at radius 2 is 1.87 bits per heavy atom. The summed E-state index contributed by atoms with van der Waals surface area (Å²) in [5.41, 5.74) is 1.47. The fraction of sp³-hybridized carbons (Fsp3) is 0.294. The van der Waals surface area contributed by atoms with Gasteiger partial charge in [-0.3, -0.25) is 9.59 Å². The number of Topliss-reactive ketones (excluding diaryl/α,β-unsaturated/α-hetero) is 1. The molecular weight excluding hydrogens is 292 g/mol. The zero-order valence-electron chi connectivity index (χ0n) is 13.3. The summed E-state index contributed by atoms with van der Waals surface area (Å²) in [6.45, 7) is 4.40. The molecule has 0 saturated heterocycles. The molecule has 0 spiro atoms. The molecule has 0 radical (unpaired) electrons. The van der Waals surface area contributed by atoms with Gasteiger partial charge in [0.2, 0.25) is 5.95 Å².